The van der Waals surface area contributed by atoms with Crippen molar-refractivity contribution < 1.29 is 6.51 Å². The fraction of sp³-hybridized carbons (Fsp3) is 0.875. The van der Waals surface area contributed by atoms with Crippen LogP contribution in [0.15, 0.2) is 30.3 Å². The molecule has 12 heterocycles. The average molecular weight is 789 g/mol. The van der Waals surface area contributed by atoms with Gasteiger partial charge < -0.3 is 0 Å². The number of rotatable bonds is 8. The van der Waals surface area contributed by atoms with E-state index in [0.29, 0.717) is 5.16 Å². The summed E-state index contributed by atoms with van der Waals surface area (Å²) in [6.45, 7) is 1.06. The molecule has 286 valence electrons. The molecule has 8 bridgehead atoms. The van der Waals surface area contributed by atoms with Crippen LogP contribution in [0.3, 0.4) is 0 Å². The van der Waals surface area contributed by atoms with E-state index < -0.39 is 6.51 Å². The first-order valence-corrected chi connectivity index (χ1v) is 32.4. The topological polar surface area (TPSA) is 24.1 Å². The summed E-state index contributed by atoms with van der Waals surface area (Å²) in [6, 6.07) is 13.0. The molecule has 0 amide bonds. The zero-order chi connectivity index (χ0) is 33.8. The van der Waals surface area contributed by atoms with Crippen molar-refractivity contribution in [3.8, 4) is 0 Å². The molecule has 0 radical (unpaired) electrons. The van der Waals surface area contributed by atoms with Crippen molar-refractivity contribution in [2.45, 2.75) is 153 Å². The van der Waals surface area contributed by atoms with Gasteiger partial charge in [0.1, 0.15) is 0 Å². The molecule has 12 saturated heterocycles. The second-order valence-electron chi connectivity index (χ2n) is 26.9. The Morgan fingerprint density at radius 3 is 1.53 bits per heavy atom. The molecule has 53 heavy (non-hydrogen) atoms. The van der Waals surface area contributed by atoms with Gasteiger partial charge in [-0.05, 0) is 0 Å². The first kappa shape index (κ1) is 28.9. The summed E-state index contributed by atoms with van der Waals surface area (Å²) in [5.74, 6) is 11.0. The van der Waals surface area contributed by atoms with E-state index >= 15 is 0 Å². The molecule has 20 fully saturated rings. The maximum absolute atomic E-state index is 4.23. The maximum atomic E-state index is 4.15. The monoisotopic (exact) mass is 788 g/mol. The van der Waals surface area contributed by atoms with E-state index in [0.717, 1.165) is 72.1 Å². The molecular formula is C48H66FeN2P2. The molecule has 21 rings (SSSR count). The van der Waals surface area contributed by atoms with Gasteiger partial charge in [0.25, 0.3) is 0 Å². The van der Waals surface area contributed by atoms with Crippen LogP contribution < -0.4 is 10.6 Å². The van der Waals surface area contributed by atoms with Crippen LogP contribution in [0.25, 0.3) is 0 Å². The van der Waals surface area contributed by atoms with Crippen LogP contribution in [0.5, 0.6) is 0 Å². The van der Waals surface area contributed by atoms with Gasteiger partial charge in [0.2, 0.25) is 0 Å². The summed E-state index contributed by atoms with van der Waals surface area (Å²) >= 11 is 0. The van der Waals surface area contributed by atoms with Gasteiger partial charge in [-0.1, -0.05) is 0 Å². The molecule has 8 unspecified atom stereocenters. The van der Waals surface area contributed by atoms with Gasteiger partial charge >= 0.3 is 315 Å². The average Bonchev–Trinajstić information content (AvgIpc) is 4.13. The van der Waals surface area contributed by atoms with Crippen molar-refractivity contribution in [1.82, 2.24) is 10.6 Å². The van der Waals surface area contributed by atoms with Gasteiger partial charge in [-0.3, -0.25) is 0 Å². The minimum atomic E-state index is -4.23. The van der Waals surface area contributed by atoms with Gasteiger partial charge in [0.15, 0.2) is 0 Å². The number of hydrogen-bond acceptors (Lipinski definition) is 2. The van der Waals surface area contributed by atoms with E-state index in [2.05, 4.69) is 50.2 Å². The second-order valence-corrected chi connectivity index (χ2v) is 53.4. The first-order valence-electron chi connectivity index (χ1n) is 24.0. The molecule has 2 N–H and O–H groups in total. The first-order chi connectivity index (χ1) is 25.8. The Kier molecular flexibility index (Phi) is 3.02. The predicted molar refractivity (Wildman–Crippen MR) is 217 cm³/mol. The van der Waals surface area contributed by atoms with Crippen LogP contribution in [-0.4, -0.2) is 48.8 Å². The van der Waals surface area contributed by atoms with Gasteiger partial charge in [0, 0.05) is 0 Å². The minimum absolute atomic E-state index is 0.123. The summed E-state index contributed by atoms with van der Waals surface area (Å²) in [4.78, 5) is 9.36. The van der Waals surface area contributed by atoms with E-state index in [9.17, 15) is 0 Å². The third kappa shape index (κ3) is 1.03. The standard InChI is InChI=1S/C43H61N2P2.C5H5.Fe/c46-43(38-8-4-10-44-24-38,39-9-5-11-45-25-39)40-23-32(31-6-2-1-3-7-31)22-37(40)26-47(41-33-14-27-12-28(16-33)17-34(41)15-27)42-35-18-29-13-30(20-35)21-36(42)19-29;1-2-4-5-3-1;/h1-3,6-7,22-23,27-30,33-36,38-39,41-42,44-45H,4-5,8-21,24-26,46H2;1-5H;. The molecular weight excluding hydrogens is 722 g/mol. The Bertz CT molecular complexity index is 2230. The van der Waals surface area contributed by atoms with Crippen molar-refractivity contribution in [1.29, 1.82) is 0 Å². The van der Waals surface area contributed by atoms with E-state index in [1.165, 1.54) is 84.1 Å². The predicted octanol–water partition coefficient (Wildman–Crippen LogP) is 11.0. The third-order valence-electron chi connectivity index (χ3n) is 30.6. The fourth-order valence-corrected chi connectivity index (χ4v) is 125. The Hall–Kier alpha value is 0.519. The Labute approximate surface area is 313 Å². The Balaban J connectivity index is 0.879. The van der Waals surface area contributed by atoms with E-state index in [1.807, 2.05) is 11.7 Å². The summed E-state index contributed by atoms with van der Waals surface area (Å²) in [7, 11) is 4.27. The molecule has 20 aliphatic rings. The van der Waals surface area contributed by atoms with Crippen LogP contribution in [0, 0.1) is 59.2 Å². The number of fused-ring (bicyclic) bond motifs is 10. The number of piperidine rings is 2. The number of nitrogens with one attached hydrogen (secondary N) is 2. The molecule has 1 aromatic rings. The molecule has 0 aromatic heterocycles. The molecule has 1 aromatic carbocycles. The van der Waals surface area contributed by atoms with Crippen LogP contribution in [-0.2, 0) is 10.8 Å². The quantitative estimate of drug-likeness (QED) is 0.203. The van der Waals surface area contributed by atoms with Gasteiger partial charge in [-0.15, -0.1) is 0 Å². The molecule has 8 saturated carbocycles. The second kappa shape index (κ2) is 5.55. The van der Waals surface area contributed by atoms with Crippen molar-refractivity contribution in [3.05, 3.63) is 35.9 Å². The third-order valence-corrected chi connectivity index (χ3v) is 80.6. The van der Waals surface area contributed by atoms with Crippen molar-refractivity contribution in [2.75, 3.05) is 32.3 Å². The van der Waals surface area contributed by atoms with Crippen molar-refractivity contribution >= 4 is 17.2 Å². The van der Waals surface area contributed by atoms with Crippen LogP contribution in [0.4, 0.5) is 0 Å². The molecule has 5 heteroatoms. The number of benzene rings is 1. The van der Waals surface area contributed by atoms with Crippen molar-refractivity contribution in [2.24, 2.45) is 59.2 Å². The van der Waals surface area contributed by atoms with E-state index in [1.54, 1.807) is 77.0 Å². The van der Waals surface area contributed by atoms with E-state index in [-0.39, 0.29) is 7.92 Å². The fourth-order valence-electron chi connectivity index (χ4n) is 33.6. The molecule has 8 aliphatic carbocycles. The van der Waals surface area contributed by atoms with Crippen LogP contribution in [0.2, 0.25) is 42.3 Å². The summed E-state index contributed by atoms with van der Waals surface area (Å²) in [5, 5.41) is 8.80. The van der Waals surface area contributed by atoms with Gasteiger partial charge in [-0.2, -0.15) is 0 Å². The summed E-state index contributed by atoms with van der Waals surface area (Å²) in [6.07, 6.45) is 24.7. The zero-order valence-electron chi connectivity index (χ0n) is 32.2. The molecule has 12 aliphatic heterocycles. The summed E-state index contributed by atoms with van der Waals surface area (Å²) < 4.78 is 2.57. The molecule has 1 spiro atoms. The van der Waals surface area contributed by atoms with Gasteiger partial charge in [0.05, 0.1) is 0 Å². The number of hydrogen-bond donors (Lipinski definition) is 2. The van der Waals surface area contributed by atoms with E-state index in [4.69, 9.17) is 0 Å². The normalized spacial score (nSPS) is 77.9. The molecule has 2 nitrogen and oxygen atoms in total. The summed E-state index contributed by atoms with van der Waals surface area (Å²) in [5.41, 5.74) is 4.41. The SMILES string of the molecule is PC(C1CCCNC1)(C1CCCNC1)[C]12[CH]3[C]4(c5ccccc5)[CH]5[C]1(CP(C1C6CC7CC(C6)CC1C7)C1C6CC7CC(C6)CC1C7)[Fe]53421678[CH]2[CH]1[CH]6[CH]7[CH]28. The van der Waals surface area contributed by atoms with Crippen LogP contribution in [0.1, 0.15) is 95.5 Å². The van der Waals surface area contributed by atoms with Gasteiger partial charge in [-0.25, -0.2) is 0 Å². The zero-order valence-corrected chi connectivity index (χ0v) is 35.3. The Morgan fingerprint density at radius 2 is 1.11 bits per heavy atom. The van der Waals surface area contributed by atoms with Crippen LogP contribution >= 0.6 is 17.2 Å². The van der Waals surface area contributed by atoms with Crippen molar-refractivity contribution in [3.63, 3.8) is 0 Å². The molecule has 8 atom stereocenters. The Morgan fingerprint density at radius 1 is 0.642 bits per heavy atom.